The molecule has 0 aliphatic heterocycles. The number of carbonyl (C=O) groups is 1. The van der Waals surface area contributed by atoms with Gasteiger partial charge in [0.15, 0.2) is 0 Å². The Balaban J connectivity index is 2.42. The largest absolute Gasteiger partial charge is 0.478 e. The third kappa shape index (κ3) is 2.88. The number of aromatic carboxylic acids is 1. The Labute approximate surface area is 120 Å². The molecule has 0 aliphatic rings. The summed E-state index contributed by atoms with van der Waals surface area (Å²) < 4.78 is 6.98. The molecule has 0 aliphatic carbocycles. The van der Waals surface area contributed by atoms with Crippen LogP contribution in [0.5, 0.6) is 11.5 Å². The molecule has 2 aromatic rings. The first-order valence-corrected chi connectivity index (χ1v) is 6.47. The van der Waals surface area contributed by atoms with E-state index in [0.717, 1.165) is 4.47 Å². The second-order valence-corrected chi connectivity index (χ2v) is 5.12. The van der Waals surface area contributed by atoms with Crippen molar-refractivity contribution in [2.45, 2.75) is 0 Å². The van der Waals surface area contributed by atoms with E-state index in [-0.39, 0.29) is 11.3 Å². The smallest absolute Gasteiger partial charge is 0.339 e. The molecule has 92 valence electrons. The fourth-order valence-corrected chi connectivity index (χ4v) is 1.99. The molecule has 0 bridgehead atoms. The van der Waals surface area contributed by atoms with Crippen molar-refractivity contribution in [3.8, 4) is 11.5 Å². The monoisotopic (exact) mass is 371 g/mol. The molecular formula is C12H7Br2NO3. The maximum atomic E-state index is 11.1. The van der Waals surface area contributed by atoms with Crippen LogP contribution >= 0.6 is 31.9 Å². The van der Waals surface area contributed by atoms with Crippen LogP contribution in [0.1, 0.15) is 10.4 Å². The Hall–Kier alpha value is -1.40. The molecule has 6 heteroatoms. The second kappa shape index (κ2) is 5.49. The third-order valence-corrected chi connectivity index (χ3v) is 3.22. The summed E-state index contributed by atoms with van der Waals surface area (Å²) >= 11 is 6.57. The van der Waals surface area contributed by atoms with Crippen LogP contribution in [0.3, 0.4) is 0 Å². The molecule has 1 heterocycles. The van der Waals surface area contributed by atoms with Crippen molar-refractivity contribution < 1.29 is 14.6 Å². The highest BCUT2D eigenvalue weighted by Crippen LogP contribution is 2.32. The molecule has 0 saturated carbocycles. The van der Waals surface area contributed by atoms with E-state index in [1.807, 2.05) is 0 Å². The van der Waals surface area contributed by atoms with Crippen LogP contribution in [0.2, 0.25) is 0 Å². The summed E-state index contributed by atoms with van der Waals surface area (Å²) in [6.45, 7) is 0. The molecule has 0 amide bonds. The van der Waals surface area contributed by atoms with Gasteiger partial charge < -0.3 is 9.84 Å². The van der Waals surface area contributed by atoms with Crippen LogP contribution in [0.25, 0.3) is 0 Å². The SMILES string of the molecule is O=C(O)c1ccc(Br)cc1Oc1ccncc1Br. The first-order valence-electron chi connectivity index (χ1n) is 4.88. The average molecular weight is 373 g/mol. The van der Waals surface area contributed by atoms with Gasteiger partial charge in [-0.05, 0) is 34.1 Å². The van der Waals surface area contributed by atoms with Crippen LogP contribution in [-0.4, -0.2) is 16.1 Å². The van der Waals surface area contributed by atoms with Crippen molar-refractivity contribution >= 4 is 37.8 Å². The summed E-state index contributed by atoms with van der Waals surface area (Å²) in [5, 5.41) is 9.08. The lowest BCUT2D eigenvalue weighted by Crippen LogP contribution is -2.00. The van der Waals surface area contributed by atoms with Gasteiger partial charge in [-0.1, -0.05) is 15.9 Å². The number of rotatable bonds is 3. The van der Waals surface area contributed by atoms with Gasteiger partial charge in [0.25, 0.3) is 0 Å². The number of carboxylic acids is 1. The highest BCUT2D eigenvalue weighted by atomic mass is 79.9. The Morgan fingerprint density at radius 1 is 1.22 bits per heavy atom. The number of pyridine rings is 1. The van der Waals surface area contributed by atoms with E-state index in [1.165, 1.54) is 6.07 Å². The van der Waals surface area contributed by atoms with Gasteiger partial charge in [0.2, 0.25) is 0 Å². The van der Waals surface area contributed by atoms with Crippen molar-refractivity contribution in [2.24, 2.45) is 0 Å². The predicted molar refractivity (Wildman–Crippen MR) is 73.1 cm³/mol. The summed E-state index contributed by atoms with van der Waals surface area (Å²) in [5.74, 6) is -0.267. The molecule has 0 saturated heterocycles. The normalized spacial score (nSPS) is 10.1. The molecule has 0 atom stereocenters. The van der Waals surface area contributed by atoms with E-state index in [0.29, 0.717) is 10.2 Å². The van der Waals surface area contributed by atoms with Gasteiger partial charge in [0.1, 0.15) is 17.1 Å². The molecule has 1 N–H and O–H groups in total. The first-order chi connectivity index (χ1) is 8.58. The zero-order valence-corrected chi connectivity index (χ0v) is 12.1. The Bertz CT molecular complexity index is 602. The van der Waals surface area contributed by atoms with Crippen LogP contribution in [0, 0.1) is 0 Å². The highest BCUT2D eigenvalue weighted by Gasteiger charge is 2.13. The molecule has 4 nitrogen and oxygen atoms in total. The van der Waals surface area contributed by atoms with E-state index in [9.17, 15) is 4.79 Å². The minimum atomic E-state index is -1.04. The van der Waals surface area contributed by atoms with Crippen LogP contribution in [-0.2, 0) is 0 Å². The lowest BCUT2D eigenvalue weighted by Gasteiger charge is -2.10. The summed E-state index contributed by atoms with van der Waals surface area (Å²) in [6.07, 6.45) is 3.15. The molecule has 0 fully saturated rings. The minimum absolute atomic E-state index is 0.0990. The van der Waals surface area contributed by atoms with E-state index in [1.54, 1.807) is 30.6 Å². The predicted octanol–water partition coefficient (Wildman–Crippen LogP) is 4.10. The molecule has 1 aromatic heterocycles. The summed E-state index contributed by atoms with van der Waals surface area (Å²) in [4.78, 5) is 15.0. The number of hydrogen-bond acceptors (Lipinski definition) is 3. The molecule has 1 aromatic carbocycles. The van der Waals surface area contributed by atoms with Gasteiger partial charge in [-0.25, -0.2) is 4.79 Å². The topological polar surface area (TPSA) is 59.4 Å². The van der Waals surface area contributed by atoms with Crippen molar-refractivity contribution in [3.05, 3.63) is 51.2 Å². The number of halogens is 2. The summed E-state index contributed by atoms with van der Waals surface area (Å²) in [7, 11) is 0. The molecule has 0 unspecified atom stereocenters. The summed E-state index contributed by atoms with van der Waals surface area (Å²) in [5.41, 5.74) is 0.0990. The van der Waals surface area contributed by atoms with Crippen molar-refractivity contribution in [1.29, 1.82) is 0 Å². The standard InChI is InChI=1S/C12H7Br2NO3/c13-7-1-2-8(12(16)17)11(5-7)18-10-3-4-15-6-9(10)14/h1-6H,(H,16,17). The van der Waals surface area contributed by atoms with Gasteiger partial charge >= 0.3 is 5.97 Å². The molecular weight excluding hydrogens is 366 g/mol. The van der Waals surface area contributed by atoms with E-state index >= 15 is 0 Å². The fraction of sp³-hybridized carbons (Fsp3) is 0. The number of nitrogens with zero attached hydrogens (tertiary/aromatic N) is 1. The molecule has 0 spiro atoms. The summed E-state index contributed by atoms with van der Waals surface area (Å²) in [6, 6.07) is 6.39. The van der Waals surface area contributed by atoms with E-state index < -0.39 is 5.97 Å². The third-order valence-electron chi connectivity index (χ3n) is 2.13. The van der Waals surface area contributed by atoms with Gasteiger partial charge in [0, 0.05) is 22.9 Å². The number of ether oxygens (including phenoxy) is 1. The quantitative estimate of drug-likeness (QED) is 0.881. The molecule has 2 rings (SSSR count). The Morgan fingerprint density at radius 2 is 2.00 bits per heavy atom. The Morgan fingerprint density at radius 3 is 2.67 bits per heavy atom. The zero-order chi connectivity index (χ0) is 13.1. The highest BCUT2D eigenvalue weighted by molar-refractivity contribution is 9.10. The van der Waals surface area contributed by atoms with Crippen LogP contribution in [0.15, 0.2) is 45.6 Å². The number of aromatic nitrogens is 1. The molecule has 18 heavy (non-hydrogen) atoms. The first kappa shape index (κ1) is 13.0. The Kier molecular flexibility index (Phi) is 3.98. The number of benzene rings is 1. The molecule has 0 radical (unpaired) electrons. The number of carboxylic acid groups (broad SMARTS) is 1. The lowest BCUT2D eigenvalue weighted by molar-refractivity contribution is 0.0694. The van der Waals surface area contributed by atoms with Crippen molar-refractivity contribution in [3.63, 3.8) is 0 Å². The van der Waals surface area contributed by atoms with E-state index in [2.05, 4.69) is 36.8 Å². The average Bonchev–Trinajstić information content (AvgIpc) is 2.32. The maximum absolute atomic E-state index is 11.1. The van der Waals surface area contributed by atoms with Crippen molar-refractivity contribution in [2.75, 3.05) is 0 Å². The van der Waals surface area contributed by atoms with Crippen molar-refractivity contribution in [1.82, 2.24) is 4.98 Å². The van der Waals surface area contributed by atoms with Gasteiger partial charge in [-0.2, -0.15) is 0 Å². The fourth-order valence-electron chi connectivity index (χ4n) is 1.32. The zero-order valence-electron chi connectivity index (χ0n) is 8.93. The van der Waals surface area contributed by atoms with Crippen LogP contribution in [0.4, 0.5) is 0 Å². The minimum Gasteiger partial charge on any atom is -0.478 e. The maximum Gasteiger partial charge on any atom is 0.339 e. The lowest BCUT2D eigenvalue weighted by atomic mass is 10.2. The van der Waals surface area contributed by atoms with Gasteiger partial charge in [-0.3, -0.25) is 4.98 Å². The van der Waals surface area contributed by atoms with Crippen LogP contribution < -0.4 is 4.74 Å². The van der Waals surface area contributed by atoms with Gasteiger partial charge in [-0.15, -0.1) is 0 Å². The number of hydrogen-bond donors (Lipinski definition) is 1. The second-order valence-electron chi connectivity index (χ2n) is 3.35. The van der Waals surface area contributed by atoms with E-state index in [4.69, 9.17) is 9.84 Å². The van der Waals surface area contributed by atoms with Gasteiger partial charge in [0.05, 0.1) is 4.47 Å².